The monoisotopic (exact) mass is 258 g/mol. The molecular weight excluding hydrogens is 247 g/mol. The molecule has 0 amide bonds. The topological polar surface area (TPSA) is 26.3 Å². The van der Waals surface area contributed by atoms with Crippen molar-refractivity contribution in [3.05, 3.63) is 27.2 Å². The van der Waals surface area contributed by atoms with Gasteiger partial charge in [-0.25, -0.2) is 0 Å². The summed E-state index contributed by atoms with van der Waals surface area (Å²) < 4.78 is 5.14. The zero-order chi connectivity index (χ0) is 11.7. The number of ketones is 1. The second-order valence-corrected chi connectivity index (χ2v) is 4.63. The minimum absolute atomic E-state index is 0.0852. The first-order chi connectivity index (χ1) is 7.65. The number of Topliss-reactive ketones (excluding diaryl/α,β-unsaturated/α-hetero) is 1. The number of carbonyl (C=O) groups is 1. The minimum atomic E-state index is 0.0852. The van der Waals surface area contributed by atoms with E-state index < -0.39 is 0 Å². The fourth-order valence-corrected chi connectivity index (χ4v) is 2.57. The second-order valence-electron chi connectivity index (χ2n) is 3.87. The number of benzene rings is 1. The number of methoxy groups -OCH3 is 1. The number of aryl methyl sites for hydroxylation is 1. The smallest absolute Gasteiger partial charge is 0.164 e. The van der Waals surface area contributed by atoms with Crippen molar-refractivity contribution in [2.24, 2.45) is 0 Å². The van der Waals surface area contributed by atoms with E-state index in [1.54, 1.807) is 7.11 Å². The first kappa shape index (κ1) is 11.7. The van der Waals surface area contributed by atoms with Gasteiger partial charge in [0.2, 0.25) is 0 Å². The summed E-state index contributed by atoms with van der Waals surface area (Å²) in [5, 5.41) is 0.668. The number of halogens is 2. The van der Waals surface area contributed by atoms with Gasteiger partial charge in [-0.3, -0.25) is 4.79 Å². The maximum atomic E-state index is 11.9. The third-order valence-corrected chi connectivity index (χ3v) is 3.70. The quantitative estimate of drug-likeness (QED) is 0.714. The Hall–Kier alpha value is -0.730. The van der Waals surface area contributed by atoms with E-state index in [9.17, 15) is 4.79 Å². The van der Waals surface area contributed by atoms with Crippen molar-refractivity contribution < 1.29 is 9.53 Å². The minimum Gasteiger partial charge on any atom is -0.495 e. The zero-order valence-electron chi connectivity index (χ0n) is 8.98. The Bertz CT molecular complexity index is 441. The van der Waals surface area contributed by atoms with E-state index in [-0.39, 0.29) is 5.78 Å². The van der Waals surface area contributed by atoms with Gasteiger partial charge in [0, 0.05) is 12.0 Å². The van der Waals surface area contributed by atoms with E-state index >= 15 is 0 Å². The predicted octanol–water partition coefficient (Wildman–Crippen LogP) is 3.91. The predicted molar refractivity (Wildman–Crippen MR) is 64.9 cm³/mol. The molecule has 86 valence electrons. The number of rotatable bonds is 1. The van der Waals surface area contributed by atoms with Gasteiger partial charge in [0.05, 0.1) is 12.1 Å². The lowest BCUT2D eigenvalue weighted by atomic mass is 10.0. The molecule has 4 heteroatoms. The highest BCUT2D eigenvalue weighted by Crippen LogP contribution is 2.39. The summed E-state index contributed by atoms with van der Waals surface area (Å²) in [5.41, 5.74) is 1.54. The lowest BCUT2D eigenvalue weighted by molar-refractivity contribution is 0.0982. The van der Waals surface area contributed by atoms with Crippen LogP contribution in [0, 0.1) is 0 Å². The molecule has 2 nitrogen and oxygen atoms in total. The van der Waals surface area contributed by atoms with Gasteiger partial charge in [-0.15, -0.1) is 0 Å². The average molecular weight is 259 g/mol. The molecule has 0 bridgehead atoms. The van der Waals surface area contributed by atoms with Crippen LogP contribution in [0.1, 0.15) is 35.2 Å². The van der Waals surface area contributed by atoms with Crippen molar-refractivity contribution in [1.82, 2.24) is 0 Å². The molecule has 0 N–H and O–H groups in total. The number of fused-ring (bicyclic) bond motifs is 1. The van der Waals surface area contributed by atoms with Crippen molar-refractivity contribution in [3.63, 3.8) is 0 Å². The van der Waals surface area contributed by atoms with E-state index in [1.165, 1.54) is 0 Å². The van der Waals surface area contributed by atoms with Gasteiger partial charge in [-0.05, 0) is 30.9 Å². The van der Waals surface area contributed by atoms with E-state index in [1.807, 2.05) is 6.07 Å². The second kappa shape index (κ2) is 4.64. The standard InChI is InChI=1S/C12H12Cl2O2/c1-16-9-6-7-4-2-3-5-8(15)10(7)12(14)11(9)13/h6H,2-5H2,1H3. The molecule has 1 aromatic rings. The molecule has 0 saturated heterocycles. The Morgan fingerprint density at radius 3 is 2.56 bits per heavy atom. The first-order valence-electron chi connectivity index (χ1n) is 5.23. The molecule has 16 heavy (non-hydrogen) atoms. The molecule has 1 aliphatic carbocycles. The highest BCUT2D eigenvalue weighted by Gasteiger charge is 2.23. The average Bonchev–Trinajstić information content (AvgIpc) is 2.45. The molecule has 0 aromatic heterocycles. The maximum Gasteiger partial charge on any atom is 0.164 e. The Morgan fingerprint density at radius 1 is 1.19 bits per heavy atom. The normalized spacial score (nSPS) is 15.6. The van der Waals surface area contributed by atoms with Gasteiger partial charge in [0.15, 0.2) is 5.78 Å². The van der Waals surface area contributed by atoms with Crippen LogP contribution in [0.25, 0.3) is 0 Å². The molecule has 0 heterocycles. The van der Waals surface area contributed by atoms with Crippen molar-refractivity contribution in [2.75, 3.05) is 7.11 Å². The van der Waals surface area contributed by atoms with Gasteiger partial charge in [0.25, 0.3) is 0 Å². The van der Waals surface area contributed by atoms with Crippen LogP contribution in [0.5, 0.6) is 5.75 Å². The third kappa shape index (κ3) is 1.92. The van der Waals surface area contributed by atoms with E-state index in [4.69, 9.17) is 27.9 Å². The van der Waals surface area contributed by atoms with Gasteiger partial charge in [0.1, 0.15) is 10.8 Å². The largest absolute Gasteiger partial charge is 0.495 e. The van der Waals surface area contributed by atoms with E-state index in [0.29, 0.717) is 27.8 Å². The molecule has 0 saturated carbocycles. The number of ether oxygens (including phenoxy) is 1. The summed E-state index contributed by atoms with van der Waals surface area (Å²) in [6, 6.07) is 1.83. The Balaban J connectivity index is 2.64. The van der Waals surface area contributed by atoms with Crippen LogP contribution in [0.3, 0.4) is 0 Å². The lowest BCUT2D eigenvalue weighted by Gasteiger charge is -2.12. The van der Waals surface area contributed by atoms with Crippen molar-refractivity contribution >= 4 is 29.0 Å². The highest BCUT2D eigenvalue weighted by atomic mass is 35.5. The highest BCUT2D eigenvalue weighted by molar-refractivity contribution is 6.45. The molecule has 0 unspecified atom stereocenters. The fraction of sp³-hybridized carbons (Fsp3) is 0.417. The third-order valence-electron chi connectivity index (χ3n) is 2.85. The summed E-state index contributed by atoms with van der Waals surface area (Å²) in [6.45, 7) is 0. The number of hydrogen-bond acceptors (Lipinski definition) is 2. The summed E-state index contributed by atoms with van der Waals surface area (Å²) >= 11 is 12.2. The molecule has 0 atom stereocenters. The molecule has 0 aliphatic heterocycles. The van der Waals surface area contributed by atoms with Crippen LogP contribution < -0.4 is 4.74 Å². The fourth-order valence-electron chi connectivity index (χ4n) is 2.03. The van der Waals surface area contributed by atoms with E-state index in [0.717, 1.165) is 24.8 Å². The van der Waals surface area contributed by atoms with Crippen molar-refractivity contribution in [1.29, 1.82) is 0 Å². The molecule has 1 aromatic carbocycles. The maximum absolute atomic E-state index is 11.9. The first-order valence-corrected chi connectivity index (χ1v) is 5.98. The molecule has 1 aliphatic rings. The molecule has 2 rings (SSSR count). The van der Waals surface area contributed by atoms with E-state index in [2.05, 4.69) is 0 Å². The number of carbonyl (C=O) groups excluding carboxylic acids is 1. The Morgan fingerprint density at radius 2 is 1.88 bits per heavy atom. The summed E-state index contributed by atoms with van der Waals surface area (Å²) in [5.74, 6) is 0.627. The summed E-state index contributed by atoms with van der Waals surface area (Å²) in [4.78, 5) is 11.9. The van der Waals surface area contributed by atoms with Crippen LogP contribution in [-0.2, 0) is 6.42 Å². The van der Waals surface area contributed by atoms with Crippen molar-refractivity contribution in [3.8, 4) is 5.75 Å². The number of hydrogen-bond donors (Lipinski definition) is 0. The molecule has 0 radical (unpaired) electrons. The van der Waals surface area contributed by atoms with Crippen molar-refractivity contribution in [2.45, 2.75) is 25.7 Å². The summed E-state index contributed by atoms with van der Waals surface area (Å²) in [7, 11) is 1.54. The van der Waals surface area contributed by atoms with Crippen LogP contribution in [0.2, 0.25) is 10.0 Å². The van der Waals surface area contributed by atoms with Gasteiger partial charge in [-0.1, -0.05) is 23.2 Å². The summed E-state index contributed by atoms with van der Waals surface area (Å²) in [6.07, 6.45) is 3.31. The molecule has 0 fully saturated rings. The Kier molecular flexibility index (Phi) is 3.41. The van der Waals surface area contributed by atoms with Crippen LogP contribution in [0.15, 0.2) is 6.07 Å². The molecular formula is C12H12Cl2O2. The van der Waals surface area contributed by atoms with Gasteiger partial charge < -0.3 is 4.74 Å². The lowest BCUT2D eigenvalue weighted by Crippen LogP contribution is -2.03. The van der Waals surface area contributed by atoms with Gasteiger partial charge >= 0.3 is 0 Å². The Labute approximate surface area is 104 Å². The SMILES string of the molecule is COc1cc2c(c(Cl)c1Cl)C(=O)CCCC2. The zero-order valence-corrected chi connectivity index (χ0v) is 10.5. The van der Waals surface area contributed by atoms with Crippen LogP contribution in [-0.4, -0.2) is 12.9 Å². The van der Waals surface area contributed by atoms with Crippen LogP contribution >= 0.6 is 23.2 Å². The van der Waals surface area contributed by atoms with Gasteiger partial charge in [-0.2, -0.15) is 0 Å². The van der Waals surface area contributed by atoms with Crippen LogP contribution in [0.4, 0.5) is 0 Å². The molecule has 0 spiro atoms.